The average Bonchev–Trinajstić information content (AvgIpc) is 4.08. The van der Waals surface area contributed by atoms with Gasteiger partial charge in [-0.05, 0) is 53.2 Å². The van der Waals surface area contributed by atoms with E-state index < -0.39 is 119 Å². The molecule has 6 aliphatic heterocycles. The molecule has 6 fully saturated rings. The zero-order chi connectivity index (χ0) is 42.3. The van der Waals surface area contributed by atoms with E-state index in [0.29, 0.717) is 16.5 Å². The highest BCUT2D eigenvalue weighted by Gasteiger charge is 3.07. The zero-order valence-electron chi connectivity index (χ0n) is 33.8. The molecule has 0 amide bonds. The normalized spacial score (nSPS) is 48.0. The minimum atomic E-state index is -2.20. The highest BCUT2D eigenvalue weighted by Crippen LogP contribution is 2.85. The number of aliphatic hydroxyl groups excluding tert-OH is 3. The highest BCUT2D eigenvalue weighted by molar-refractivity contribution is 6.13. The lowest BCUT2D eigenvalue weighted by atomic mass is 9.77. The third-order valence-electron chi connectivity index (χ3n) is 14.6. The van der Waals surface area contributed by atoms with E-state index in [1.807, 2.05) is 13.8 Å². The number of epoxide rings is 2. The summed E-state index contributed by atoms with van der Waals surface area (Å²) < 4.78 is 64.0. The van der Waals surface area contributed by atoms with E-state index in [4.69, 9.17) is 47.4 Å². The van der Waals surface area contributed by atoms with Crippen molar-refractivity contribution >= 4 is 22.3 Å². The Morgan fingerprint density at radius 3 is 2.37 bits per heavy atom. The highest BCUT2D eigenvalue weighted by atomic mass is 16.9. The van der Waals surface area contributed by atoms with Crippen molar-refractivity contribution in [1.29, 1.82) is 0 Å². The number of aliphatic hydroxyl groups is 5. The standard InChI is InChI=1S/C41H50O18/c1-14-9-19-26(31(46)28-27(32(19)51-8)21(10-20(43)30(28)45)55-24-12-36(6,48)34(47)15(2)53-24)33-25(14)29-35-41(57-33,56-23-11-22(44)38(49,16(3)42)17(4)54-23)37(13-52-37)39(29)40(58-35,59-39)18(5)50-7/h9,15,17-18,20-24,29,34-35,43-44,46-49H,10-13H2,1-8H3/t15?,17?,18-,20-,21-,22?,23?,24?,29?,34?,35?,36?,37+,38?,39?,40?,41+/m0/s1. The fourth-order valence-corrected chi connectivity index (χ4v) is 11.5. The van der Waals surface area contributed by atoms with Crippen LogP contribution in [0.2, 0.25) is 0 Å². The summed E-state index contributed by atoms with van der Waals surface area (Å²) in [6.07, 6.45) is -12.1. The molecule has 2 aromatic rings. The Labute approximate surface area is 338 Å². The predicted molar refractivity (Wildman–Crippen MR) is 196 cm³/mol. The first-order valence-electron chi connectivity index (χ1n) is 20.0. The van der Waals surface area contributed by atoms with E-state index in [1.54, 1.807) is 13.0 Å². The van der Waals surface area contributed by atoms with Crippen molar-refractivity contribution in [3.05, 3.63) is 28.3 Å². The monoisotopic (exact) mass is 830 g/mol. The van der Waals surface area contributed by atoms with Crippen LogP contribution in [0.3, 0.4) is 0 Å². The van der Waals surface area contributed by atoms with E-state index in [2.05, 4.69) is 0 Å². The molecule has 2 aliphatic carbocycles. The number of hydrogen-bond acceptors (Lipinski definition) is 18. The Balaban J connectivity index is 1.14. The molecule has 6 N–H and O–H groups in total. The first-order chi connectivity index (χ1) is 27.7. The predicted octanol–water partition coefficient (Wildman–Crippen LogP) is 0.801. The quantitative estimate of drug-likeness (QED) is 0.201. The van der Waals surface area contributed by atoms with E-state index in [0.717, 1.165) is 6.92 Å². The molecule has 0 aromatic heterocycles. The van der Waals surface area contributed by atoms with E-state index in [9.17, 15) is 40.2 Å². The summed E-state index contributed by atoms with van der Waals surface area (Å²) in [6, 6.07) is 1.79. The summed E-state index contributed by atoms with van der Waals surface area (Å²) in [4.78, 5) is 26.6. The number of phenolic OH excluding ortho intramolecular Hbond substituents is 1. The fourth-order valence-electron chi connectivity index (χ4n) is 11.5. The van der Waals surface area contributed by atoms with Gasteiger partial charge in [-0.1, -0.05) is 0 Å². The van der Waals surface area contributed by atoms with Crippen molar-refractivity contribution < 1.29 is 87.6 Å². The second kappa shape index (κ2) is 12.3. The number of phenols is 1. The lowest BCUT2D eigenvalue weighted by molar-refractivity contribution is -0.374. The number of rotatable bonds is 8. The van der Waals surface area contributed by atoms with Gasteiger partial charge in [0.2, 0.25) is 5.79 Å². The number of methoxy groups -OCH3 is 2. The van der Waals surface area contributed by atoms with Crippen LogP contribution in [0, 0.1) is 6.92 Å². The second-order valence-corrected chi connectivity index (χ2v) is 17.8. The molecular weight excluding hydrogens is 780 g/mol. The number of carbonyl (C=O) groups excluding carboxylic acids is 2. The summed E-state index contributed by atoms with van der Waals surface area (Å²) in [5.74, 6) is -5.64. The molecule has 8 aliphatic rings. The van der Waals surface area contributed by atoms with Gasteiger partial charge in [0.05, 0.1) is 60.6 Å². The molecule has 10 rings (SSSR count). The van der Waals surface area contributed by atoms with E-state index >= 15 is 0 Å². The maximum absolute atomic E-state index is 14.0. The van der Waals surface area contributed by atoms with Gasteiger partial charge in [0.1, 0.15) is 41.7 Å². The molecule has 18 nitrogen and oxygen atoms in total. The molecular formula is C41H50O18. The maximum Gasteiger partial charge on any atom is 0.274 e. The summed E-state index contributed by atoms with van der Waals surface area (Å²) in [7, 11) is 2.93. The Morgan fingerprint density at radius 1 is 1.05 bits per heavy atom. The Bertz CT molecular complexity index is 2170. The second-order valence-electron chi connectivity index (χ2n) is 17.8. The van der Waals surface area contributed by atoms with Gasteiger partial charge in [-0.3, -0.25) is 9.59 Å². The van der Waals surface area contributed by atoms with E-state index in [1.165, 1.54) is 28.1 Å². The summed E-state index contributed by atoms with van der Waals surface area (Å²) in [5, 5.41) is 67.8. The molecule has 6 heterocycles. The number of fused-ring (bicyclic) bond motifs is 5. The fraction of sp³-hybridized carbons (Fsp3) is 0.707. The Morgan fingerprint density at radius 2 is 1.76 bits per heavy atom. The number of benzene rings is 2. The van der Waals surface area contributed by atoms with Gasteiger partial charge in [-0.2, -0.15) is 0 Å². The number of aromatic hydroxyl groups is 1. The number of ether oxygens (including phenoxy) is 10. The number of ketones is 2. The molecule has 4 bridgehead atoms. The van der Waals surface area contributed by atoms with Crippen LogP contribution < -0.4 is 9.47 Å². The van der Waals surface area contributed by atoms with Gasteiger partial charge in [0.15, 0.2) is 40.9 Å². The van der Waals surface area contributed by atoms with Crippen LogP contribution in [0.15, 0.2) is 6.07 Å². The van der Waals surface area contributed by atoms with Crippen molar-refractivity contribution in [3.8, 4) is 17.2 Å². The van der Waals surface area contributed by atoms with Crippen molar-refractivity contribution in [2.24, 2.45) is 0 Å². The van der Waals surface area contributed by atoms with Crippen LogP contribution in [-0.4, -0.2) is 152 Å². The molecule has 1 saturated carbocycles. The van der Waals surface area contributed by atoms with Gasteiger partial charge < -0.3 is 78.0 Å². The zero-order valence-corrected chi connectivity index (χ0v) is 33.8. The molecule has 59 heavy (non-hydrogen) atoms. The third kappa shape index (κ3) is 4.60. The minimum absolute atomic E-state index is 0.0529. The minimum Gasteiger partial charge on any atom is -0.506 e. The summed E-state index contributed by atoms with van der Waals surface area (Å²) in [6.45, 7) is 9.40. The lowest BCUT2D eigenvalue weighted by Gasteiger charge is -2.49. The van der Waals surface area contributed by atoms with Crippen molar-refractivity contribution in [1.82, 2.24) is 0 Å². The van der Waals surface area contributed by atoms with Crippen molar-refractivity contribution in [2.45, 2.75) is 162 Å². The number of carbonyl (C=O) groups is 2. The topological polar surface area (TPSA) is 254 Å². The Kier molecular flexibility index (Phi) is 8.35. The third-order valence-corrected chi connectivity index (χ3v) is 14.6. The van der Waals surface area contributed by atoms with Crippen molar-refractivity contribution in [2.75, 3.05) is 20.8 Å². The number of Topliss-reactive ketones (excluding diaryl/α,β-unsaturated/α-hetero) is 2. The smallest absolute Gasteiger partial charge is 0.274 e. The first-order valence-corrected chi connectivity index (χ1v) is 20.0. The Hall–Kier alpha value is -3.08. The summed E-state index contributed by atoms with van der Waals surface area (Å²) >= 11 is 0. The van der Waals surface area contributed by atoms with Crippen LogP contribution in [0.25, 0.3) is 10.8 Å². The number of hydrogen-bond donors (Lipinski definition) is 6. The number of aryl methyl sites for hydroxylation is 1. The molecule has 5 saturated heterocycles. The SMILES string of the molecule is COc1c2c(c(O)c3c4c(c(C)cc13)C1C3OC5([C@H](C)OC)OC15[C@]1(CO1)[C@]3(OC1CC(O)C(O)(C(C)=O)C(C)O1)O4)C(=O)[C@@H](O)C[C@@H]2OC1CC(C)(O)C(O)C(C)O1. The van der Waals surface area contributed by atoms with Crippen LogP contribution in [-0.2, 0) is 42.7 Å². The molecule has 18 heteroatoms. The molecule has 322 valence electrons. The molecule has 2 aromatic carbocycles. The average molecular weight is 831 g/mol. The van der Waals surface area contributed by atoms with Gasteiger partial charge in [0.25, 0.3) is 5.79 Å². The lowest BCUT2D eigenvalue weighted by Crippen LogP contribution is -2.68. The first kappa shape index (κ1) is 40.0. The summed E-state index contributed by atoms with van der Waals surface area (Å²) in [5.41, 5.74) is -5.26. The van der Waals surface area contributed by atoms with Crippen LogP contribution >= 0.6 is 0 Å². The molecule has 2 spiro atoms. The van der Waals surface area contributed by atoms with Gasteiger partial charge in [-0.25, -0.2) is 0 Å². The molecule has 0 radical (unpaired) electrons. The van der Waals surface area contributed by atoms with Gasteiger partial charge >= 0.3 is 0 Å². The van der Waals surface area contributed by atoms with Crippen LogP contribution in [0.4, 0.5) is 0 Å². The van der Waals surface area contributed by atoms with Gasteiger partial charge in [-0.15, -0.1) is 0 Å². The van der Waals surface area contributed by atoms with Crippen molar-refractivity contribution in [3.63, 3.8) is 0 Å². The van der Waals surface area contributed by atoms with Crippen LogP contribution in [0.1, 0.15) is 93.0 Å². The molecule has 12 unspecified atom stereocenters. The maximum atomic E-state index is 14.0. The molecule has 17 atom stereocenters. The van der Waals surface area contributed by atoms with E-state index in [-0.39, 0.29) is 53.9 Å². The van der Waals surface area contributed by atoms with Gasteiger partial charge in [0, 0.05) is 42.9 Å². The largest absolute Gasteiger partial charge is 0.506 e. The van der Waals surface area contributed by atoms with Crippen LogP contribution in [0.5, 0.6) is 17.2 Å².